The summed E-state index contributed by atoms with van der Waals surface area (Å²) in [5, 5.41) is 5.47. The first kappa shape index (κ1) is 24.4. The average Bonchev–Trinajstić information content (AvgIpc) is 2.62. The van der Waals surface area contributed by atoms with E-state index in [-0.39, 0.29) is 30.4 Å². The zero-order chi connectivity index (χ0) is 23.2. The monoisotopic (exact) mass is 429 g/mol. The number of amides is 3. The topological polar surface area (TPSA) is 87.7 Å². The Bertz CT molecular complexity index is 809. The highest BCUT2D eigenvalue weighted by Crippen LogP contribution is 2.33. The summed E-state index contributed by atoms with van der Waals surface area (Å²) in [7, 11) is 0. The van der Waals surface area contributed by atoms with Crippen molar-refractivity contribution in [3.05, 3.63) is 42.0 Å². The van der Waals surface area contributed by atoms with Gasteiger partial charge in [0.15, 0.2) is 0 Å². The van der Waals surface area contributed by atoms with Gasteiger partial charge in [-0.25, -0.2) is 4.79 Å². The van der Waals surface area contributed by atoms with E-state index in [9.17, 15) is 14.4 Å². The van der Waals surface area contributed by atoms with Gasteiger partial charge >= 0.3 is 6.09 Å². The minimum Gasteiger partial charge on any atom is -0.444 e. The predicted molar refractivity (Wildman–Crippen MR) is 121 cm³/mol. The molecule has 0 aromatic heterocycles. The van der Waals surface area contributed by atoms with Crippen molar-refractivity contribution in [1.29, 1.82) is 0 Å². The summed E-state index contributed by atoms with van der Waals surface area (Å²) in [4.78, 5) is 40.2. The second kappa shape index (κ2) is 10.5. The molecule has 0 aliphatic heterocycles. The van der Waals surface area contributed by atoms with Crippen LogP contribution in [-0.4, -0.2) is 47.0 Å². The van der Waals surface area contributed by atoms with Gasteiger partial charge in [-0.1, -0.05) is 30.9 Å². The first-order chi connectivity index (χ1) is 14.5. The lowest BCUT2D eigenvalue weighted by molar-refractivity contribution is -0.145. The smallest absolute Gasteiger partial charge is 0.408 e. The van der Waals surface area contributed by atoms with Crippen molar-refractivity contribution >= 4 is 24.0 Å². The number of hydrogen-bond donors (Lipinski definition) is 2. The van der Waals surface area contributed by atoms with Crippen LogP contribution in [0.15, 0.2) is 30.8 Å². The number of nitrogens with zero attached hydrogens (tertiary/aromatic N) is 1. The van der Waals surface area contributed by atoms with Crippen LogP contribution in [0.2, 0.25) is 0 Å². The van der Waals surface area contributed by atoms with E-state index in [1.54, 1.807) is 31.7 Å². The maximum absolute atomic E-state index is 13.3. The molecule has 0 saturated heterocycles. The minimum atomic E-state index is -0.791. The SMILES string of the molecule is C=Cc1cccc(C(C(=O)NC(C)C)N(C(=O)CNC(=O)OC(C)(C)C)C2CCC2)c1. The van der Waals surface area contributed by atoms with Crippen molar-refractivity contribution in [2.45, 2.75) is 77.6 Å². The van der Waals surface area contributed by atoms with Gasteiger partial charge in [0.2, 0.25) is 11.8 Å². The first-order valence-electron chi connectivity index (χ1n) is 10.8. The van der Waals surface area contributed by atoms with Gasteiger partial charge in [0.1, 0.15) is 18.2 Å². The predicted octanol–water partition coefficient (Wildman–Crippen LogP) is 3.80. The molecule has 31 heavy (non-hydrogen) atoms. The third-order valence-electron chi connectivity index (χ3n) is 4.96. The zero-order valence-corrected chi connectivity index (χ0v) is 19.2. The van der Waals surface area contributed by atoms with Gasteiger partial charge in [-0.2, -0.15) is 0 Å². The number of ether oxygens (including phenoxy) is 1. The normalized spacial score (nSPS) is 14.9. The van der Waals surface area contributed by atoms with Crippen LogP contribution in [0.25, 0.3) is 6.08 Å². The number of rotatable bonds is 8. The Hall–Kier alpha value is -2.83. The lowest BCUT2D eigenvalue weighted by Gasteiger charge is -2.42. The Labute approximate surface area is 185 Å². The minimum absolute atomic E-state index is 0.0526. The van der Waals surface area contributed by atoms with Gasteiger partial charge in [-0.15, -0.1) is 0 Å². The summed E-state index contributed by atoms with van der Waals surface area (Å²) >= 11 is 0. The molecule has 0 spiro atoms. The molecule has 2 rings (SSSR count). The van der Waals surface area contributed by atoms with E-state index in [0.717, 1.165) is 24.8 Å². The number of carbonyl (C=O) groups is 3. The number of hydrogen-bond acceptors (Lipinski definition) is 4. The lowest BCUT2D eigenvalue weighted by atomic mass is 9.88. The standard InChI is InChI=1S/C24H35N3O4/c1-7-17-10-8-11-18(14-17)21(22(29)26-16(2)3)27(19-12-9-13-19)20(28)15-25-23(30)31-24(4,5)6/h7-8,10-11,14,16,19,21H,1,9,12-13,15H2,2-6H3,(H,25,30)(H,26,29). The molecule has 1 aromatic carbocycles. The van der Waals surface area contributed by atoms with E-state index in [1.807, 2.05) is 38.1 Å². The fourth-order valence-corrected chi connectivity index (χ4v) is 3.43. The van der Waals surface area contributed by atoms with Crippen LogP contribution >= 0.6 is 0 Å². The Morgan fingerprint density at radius 2 is 1.94 bits per heavy atom. The van der Waals surface area contributed by atoms with Crippen LogP contribution in [0.1, 0.15) is 71.0 Å². The molecule has 0 heterocycles. The van der Waals surface area contributed by atoms with Crippen molar-refractivity contribution in [2.75, 3.05) is 6.54 Å². The molecule has 1 aromatic rings. The summed E-state index contributed by atoms with van der Waals surface area (Å²) < 4.78 is 5.23. The third-order valence-corrected chi connectivity index (χ3v) is 4.96. The Kier molecular flexibility index (Phi) is 8.25. The van der Waals surface area contributed by atoms with E-state index in [0.29, 0.717) is 5.56 Å². The Balaban J connectivity index is 2.32. The van der Waals surface area contributed by atoms with Crippen molar-refractivity contribution in [2.24, 2.45) is 0 Å². The summed E-state index contributed by atoms with van der Waals surface area (Å²) in [5.74, 6) is -0.558. The molecule has 1 saturated carbocycles. The molecule has 170 valence electrons. The van der Waals surface area contributed by atoms with Gasteiger partial charge in [-0.05, 0) is 71.1 Å². The summed E-state index contributed by atoms with van der Waals surface area (Å²) in [6.07, 6.45) is 3.70. The average molecular weight is 430 g/mol. The van der Waals surface area contributed by atoms with E-state index >= 15 is 0 Å². The second-order valence-electron chi connectivity index (χ2n) is 9.18. The molecule has 1 fully saturated rings. The number of carbonyl (C=O) groups excluding carboxylic acids is 3. The van der Waals surface area contributed by atoms with Crippen LogP contribution < -0.4 is 10.6 Å². The Morgan fingerprint density at radius 3 is 2.45 bits per heavy atom. The van der Waals surface area contributed by atoms with Crippen molar-refractivity contribution in [1.82, 2.24) is 15.5 Å². The molecule has 7 heteroatoms. The van der Waals surface area contributed by atoms with Gasteiger partial charge < -0.3 is 20.3 Å². The van der Waals surface area contributed by atoms with Crippen molar-refractivity contribution in [3.8, 4) is 0 Å². The van der Waals surface area contributed by atoms with Gasteiger partial charge in [0.05, 0.1) is 0 Å². The van der Waals surface area contributed by atoms with E-state index in [2.05, 4.69) is 17.2 Å². The summed E-state index contributed by atoms with van der Waals surface area (Å²) in [6, 6.07) is 6.55. The second-order valence-corrected chi connectivity index (χ2v) is 9.18. The van der Waals surface area contributed by atoms with Gasteiger partial charge in [0, 0.05) is 12.1 Å². The fraction of sp³-hybridized carbons (Fsp3) is 0.542. The van der Waals surface area contributed by atoms with Crippen molar-refractivity contribution < 1.29 is 19.1 Å². The lowest BCUT2D eigenvalue weighted by Crippen LogP contribution is -2.54. The van der Waals surface area contributed by atoms with Gasteiger partial charge in [-0.3, -0.25) is 9.59 Å². The van der Waals surface area contributed by atoms with Crippen molar-refractivity contribution in [3.63, 3.8) is 0 Å². The van der Waals surface area contributed by atoms with E-state index < -0.39 is 17.7 Å². The Morgan fingerprint density at radius 1 is 1.26 bits per heavy atom. The molecule has 1 aliphatic carbocycles. The zero-order valence-electron chi connectivity index (χ0n) is 19.2. The maximum atomic E-state index is 13.3. The fourth-order valence-electron chi connectivity index (χ4n) is 3.43. The molecule has 7 nitrogen and oxygen atoms in total. The number of nitrogens with one attached hydrogen (secondary N) is 2. The molecular formula is C24H35N3O4. The van der Waals surface area contributed by atoms with Crippen LogP contribution in [0.4, 0.5) is 4.79 Å². The van der Waals surface area contributed by atoms with Crippen LogP contribution in [0.5, 0.6) is 0 Å². The largest absolute Gasteiger partial charge is 0.444 e. The van der Waals surface area contributed by atoms with Crippen LogP contribution in [-0.2, 0) is 14.3 Å². The van der Waals surface area contributed by atoms with E-state index in [1.165, 1.54) is 0 Å². The highest BCUT2D eigenvalue weighted by Gasteiger charge is 2.39. The summed E-state index contributed by atoms with van der Waals surface area (Å²) in [5.41, 5.74) is 0.923. The third kappa shape index (κ3) is 7.12. The highest BCUT2D eigenvalue weighted by molar-refractivity contribution is 5.91. The molecule has 0 bridgehead atoms. The van der Waals surface area contributed by atoms with Crippen LogP contribution in [0.3, 0.4) is 0 Å². The molecule has 3 amide bonds. The molecule has 1 unspecified atom stereocenters. The highest BCUT2D eigenvalue weighted by atomic mass is 16.6. The van der Waals surface area contributed by atoms with Gasteiger partial charge in [0.25, 0.3) is 0 Å². The van der Waals surface area contributed by atoms with E-state index in [4.69, 9.17) is 4.74 Å². The molecule has 1 atom stereocenters. The van der Waals surface area contributed by atoms with Crippen LogP contribution in [0, 0.1) is 0 Å². The quantitative estimate of drug-likeness (QED) is 0.658. The first-order valence-corrected chi connectivity index (χ1v) is 10.8. The molecule has 0 radical (unpaired) electrons. The number of benzene rings is 1. The molecular weight excluding hydrogens is 394 g/mol. The summed E-state index contributed by atoms with van der Waals surface area (Å²) in [6.45, 7) is 12.6. The maximum Gasteiger partial charge on any atom is 0.408 e. The number of alkyl carbamates (subject to hydrolysis) is 1. The molecule has 1 aliphatic rings. The molecule has 2 N–H and O–H groups in total.